The van der Waals surface area contributed by atoms with E-state index in [4.69, 9.17) is 14.7 Å². The second-order valence-electron chi connectivity index (χ2n) is 5.70. The summed E-state index contributed by atoms with van der Waals surface area (Å²) in [5.74, 6) is 0.863. The summed E-state index contributed by atoms with van der Waals surface area (Å²) in [5.41, 5.74) is 1.98. The molecule has 0 amide bonds. The zero-order chi connectivity index (χ0) is 14.4. The highest BCUT2D eigenvalue weighted by atomic mass is 16.7. The molecule has 0 N–H and O–H groups in total. The fourth-order valence-corrected chi connectivity index (χ4v) is 2.99. The van der Waals surface area contributed by atoms with Gasteiger partial charge in [0.15, 0.2) is 6.79 Å². The monoisotopic (exact) mass is 273 g/mol. The largest absolute Gasteiger partial charge is 0.467 e. The quantitative estimate of drug-likeness (QED) is 0.597. The Labute approximate surface area is 121 Å². The van der Waals surface area contributed by atoms with E-state index in [2.05, 4.69) is 13.0 Å². The van der Waals surface area contributed by atoms with Gasteiger partial charge in [-0.1, -0.05) is 26.2 Å². The molecule has 3 heteroatoms. The minimum atomic E-state index is 0.118. The molecule has 0 atom stereocenters. The molecule has 0 unspecified atom stereocenters. The van der Waals surface area contributed by atoms with Gasteiger partial charge in [-0.15, -0.1) is 0 Å². The summed E-state index contributed by atoms with van der Waals surface area (Å²) in [4.78, 5) is 0. The predicted octanol–water partition coefficient (Wildman–Crippen LogP) is 4.15. The fourth-order valence-electron chi connectivity index (χ4n) is 2.99. The Morgan fingerprint density at radius 1 is 1.25 bits per heavy atom. The van der Waals surface area contributed by atoms with E-state index in [0.717, 1.165) is 24.2 Å². The molecule has 0 aliphatic heterocycles. The topological polar surface area (TPSA) is 42.2 Å². The van der Waals surface area contributed by atoms with Gasteiger partial charge in [-0.25, -0.2) is 0 Å². The van der Waals surface area contributed by atoms with Gasteiger partial charge in [0.05, 0.1) is 11.6 Å². The first kappa shape index (κ1) is 14.9. The lowest BCUT2D eigenvalue weighted by atomic mass is 9.70. The number of benzene rings is 1. The van der Waals surface area contributed by atoms with Crippen LogP contribution in [0.2, 0.25) is 0 Å². The molecule has 0 saturated heterocycles. The Hall–Kier alpha value is -1.53. The molecule has 20 heavy (non-hydrogen) atoms. The van der Waals surface area contributed by atoms with Gasteiger partial charge >= 0.3 is 0 Å². The van der Waals surface area contributed by atoms with Gasteiger partial charge < -0.3 is 9.47 Å². The Morgan fingerprint density at radius 3 is 2.65 bits per heavy atom. The van der Waals surface area contributed by atoms with Gasteiger partial charge in [0.2, 0.25) is 0 Å². The number of hydrogen-bond acceptors (Lipinski definition) is 3. The highest BCUT2D eigenvalue weighted by Crippen LogP contribution is 2.43. The van der Waals surface area contributed by atoms with E-state index in [1.165, 1.54) is 19.3 Å². The number of ether oxygens (including phenoxy) is 2. The lowest BCUT2D eigenvalue weighted by Crippen LogP contribution is -2.26. The van der Waals surface area contributed by atoms with Gasteiger partial charge in [0.1, 0.15) is 5.75 Å². The smallest absolute Gasteiger partial charge is 0.189 e. The van der Waals surface area contributed by atoms with Crippen molar-refractivity contribution in [2.75, 3.05) is 13.4 Å². The lowest BCUT2D eigenvalue weighted by Gasteiger charge is -2.35. The predicted molar refractivity (Wildman–Crippen MR) is 78.7 cm³/mol. The van der Waals surface area contributed by atoms with Crippen molar-refractivity contribution in [1.29, 1.82) is 5.26 Å². The van der Waals surface area contributed by atoms with Crippen LogP contribution in [0.3, 0.4) is 0 Å². The van der Waals surface area contributed by atoms with Gasteiger partial charge in [0.25, 0.3) is 0 Å². The Balaban J connectivity index is 2.29. The molecule has 1 aromatic rings. The maximum absolute atomic E-state index is 9.13. The van der Waals surface area contributed by atoms with Crippen LogP contribution in [0, 0.1) is 11.3 Å². The Bertz CT molecular complexity index is 484. The molecule has 1 aromatic carbocycles. The third kappa shape index (κ3) is 3.32. The second kappa shape index (κ2) is 6.76. The molecule has 0 radical (unpaired) electrons. The molecule has 2 rings (SSSR count). The SMILES string of the molecule is CCOCOc1ccc(C#N)cc1C1(C)CCCCC1. The molecule has 1 aliphatic rings. The molecule has 0 heterocycles. The van der Waals surface area contributed by atoms with Crippen LogP contribution in [-0.2, 0) is 10.2 Å². The van der Waals surface area contributed by atoms with E-state index in [1.54, 1.807) is 0 Å². The van der Waals surface area contributed by atoms with E-state index < -0.39 is 0 Å². The number of nitriles is 1. The summed E-state index contributed by atoms with van der Waals surface area (Å²) in [6, 6.07) is 7.95. The molecule has 108 valence electrons. The fraction of sp³-hybridized carbons (Fsp3) is 0.588. The van der Waals surface area contributed by atoms with Crippen molar-refractivity contribution in [2.45, 2.75) is 51.4 Å². The van der Waals surface area contributed by atoms with E-state index >= 15 is 0 Å². The normalized spacial score (nSPS) is 17.4. The maximum atomic E-state index is 9.13. The molecular weight excluding hydrogens is 250 g/mol. The molecule has 3 nitrogen and oxygen atoms in total. The molecule has 0 spiro atoms. The summed E-state index contributed by atoms with van der Waals surface area (Å²) in [5, 5.41) is 9.13. The van der Waals surface area contributed by atoms with E-state index in [1.807, 2.05) is 25.1 Å². The highest BCUT2D eigenvalue weighted by molar-refractivity contribution is 5.46. The average molecular weight is 273 g/mol. The molecule has 1 fully saturated rings. The summed E-state index contributed by atoms with van der Waals surface area (Å²) in [6.07, 6.45) is 6.12. The van der Waals surface area contributed by atoms with Crippen LogP contribution in [0.1, 0.15) is 57.1 Å². The lowest BCUT2D eigenvalue weighted by molar-refractivity contribution is 0.0209. The molecule has 1 aliphatic carbocycles. The van der Waals surface area contributed by atoms with Crippen molar-refractivity contribution in [3.05, 3.63) is 29.3 Å². The summed E-state index contributed by atoms with van der Waals surface area (Å²) in [6.45, 7) is 5.15. The molecular formula is C17H23NO2. The number of nitrogens with zero attached hydrogens (tertiary/aromatic N) is 1. The Kier molecular flexibility index (Phi) is 5.03. The van der Waals surface area contributed by atoms with E-state index in [-0.39, 0.29) is 12.2 Å². The summed E-state index contributed by atoms with van der Waals surface area (Å²) < 4.78 is 11.0. The van der Waals surface area contributed by atoms with E-state index in [0.29, 0.717) is 12.2 Å². The van der Waals surface area contributed by atoms with Gasteiger partial charge in [-0.3, -0.25) is 0 Å². The first-order valence-corrected chi connectivity index (χ1v) is 7.45. The van der Waals surface area contributed by atoms with Crippen LogP contribution in [0.25, 0.3) is 0 Å². The number of hydrogen-bond donors (Lipinski definition) is 0. The van der Waals surface area contributed by atoms with Crippen LogP contribution in [-0.4, -0.2) is 13.4 Å². The Morgan fingerprint density at radius 2 is 2.00 bits per heavy atom. The average Bonchev–Trinajstić information content (AvgIpc) is 2.48. The molecule has 1 saturated carbocycles. The minimum Gasteiger partial charge on any atom is -0.467 e. The van der Waals surface area contributed by atoms with Gasteiger partial charge in [0, 0.05) is 12.2 Å². The van der Waals surface area contributed by atoms with Gasteiger partial charge in [-0.2, -0.15) is 5.26 Å². The summed E-state index contributed by atoms with van der Waals surface area (Å²) in [7, 11) is 0. The van der Waals surface area contributed by atoms with Crippen molar-refractivity contribution in [2.24, 2.45) is 0 Å². The van der Waals surface area contributed by atoms with Crippen LogP contribution >= 0.6 is 0 Å². The molecule has 0 aromatic heterocycles. The van der Waals surface area contributed by atoms with Crippen molar-refractivity contribution in [3.63, 3.8) is 0 Å². The zero-order valence-corrected chi connectivity index (χ0v) is 12.4. The van der Waals surface area contributed by atoms with Crippen molar-refractivity contribution < 1.29 is 9.47 Å². The van der Waals surface area contributed by atoms with Crippen LogP contribution in [0.15, 0.2) is 18.2 Å². The highest BCUT2D eigenvalue weighted by Gasteiger charge is 2.31. The number of rotatable bonds is 5. The van der Waals surface area contributed by atoms with Crippen LogP contribution in [0.5, 0.6) is 5.75 Å². The second-order valence-corrected chi connectivity index (χ2v) is 5.70. The third-order valence-corrected chi connectivity index (χ3v) is 4.22. The zero-order valence-electron chi connectivity index (χ0n) is 12.4. The summed E-state index contributed by atoms with van der Waals surface area (Å²) >= 11 is 0. The molecule has 0 bridgehead atoms. The standard InChI is InChI=1S/C17H23NO2/c1-3-19-13-20-16-8-7-14(12-18)11-15(16)17(2)9-5-4-6-10-17/h7-8,11H,3-6,9-10,13H2,1-2H3. The van der Waals surface area contributed by atoms with Crippen LogP contribution < -0.4 is 4.74 Å². The van der Waals surface area contributed by atoms with Crippen molar-refractivity contribution in [1.82, 2.24) is 0 Å². The van der Waals surface area contributed by atoms with Crippen molar-refractivity contribution >= 4 is 0 Å². The first-order chi connectivity index (χ1) is 9.69. The van der Waals surface area contributed by atoms with E-state index in [9.17, 15) is 0 Å². The van der Waals surface area contributed by atoms with Crippen molar-refractivity contribution in [3.8, 4) is 11.8 Å². The minimum absolute atomic E-state index is 0.118. The van der Waals surface area contributed by atoms with Crippen LogP contribution in [0.4, 0.5) is 0 Å². The maximum Gasteiger partial charge on any atom is 0.189 e. The van der Waals surface area contributed by atoms with Gasteiger partial charge in [-0.05, 0) is 43.4 Å². The first-order valence-electron chi connectivity index (χ1n) is 7.45. The third-order valence-electron chi connectivity index (χ3n) is 4.22.